The summed E-state index contributed by atoms with van der Waals surface area (Å²) in [6.07, 6.45) is 1.42. The molecular formula is C8H6N2O3. The number of hydrazone groups is 1. The van der Waals surface area contributed by atoms with Crippen molar-refractivity contribution in [2.75, 3.05) is 0 Å². The van der Waals surface area contributed by atoms with Gasteiger partial charge in [0.05, 0.1) is 17.3 Å². The highest BCUT2D eigenvalue weighted by Gasteiger charge is 2.15. The van der Waals surface area contributed by atoms with E-state index in [0.717, 1.165) is 0 Å². The Hall–Kier alpha value is -2.04. The number of carboxylic acids is 1. The van der Waals surface area contributed by atoms with Crippen molar-refractivity contribution in [3.8, 4) is 5.75 Å². The predicted molar refractivity (Wildman–Crippen MR) is 44.8 cm³/mol. The normalized spacial score (nSPS) is 12.6. The van der Waals surface area contributed by atoms with Crippen LogP contribution in [0.3, 0.4) is 0 Å². The van der Waals surface area contributed by atoms with Crippen molar-refractivity contribution in [2.45, 2.75) is 0 Å². The van der Waals surface area contributed by atoms with Crippen LogP contribution in [0.25, 0.3) is 0 Å². The lowest BCUT2D eigenvalue weighted by Crippen LogP contribution is -2.18. The molecule has 0 unspecified atom stereocenters. The summed E-state index contributed by atoms with van der Waals surface area (Å²) in [5, 5.41) is 12.4. The SMILES string of the molecule is O=C(O)c1cccc2c1C=NNO2. The van der Waals surface area contributed by atoms with Crippen molar-refractivity contribution < 1.29 is 14.7 Å². The first kappa shape index (κ1) is 7.60. The van der Waals surface area contributed by atoms with E-state index in [1.807, 2.05) is 0 Å². The van der Waals surface area contributed by atoms with Crippen LogP contribution < -0.4 is 10.4 Å². The number of rotatable bonds is 1. The molecule has 0 amide bonds. The van der Waals surface area contributed by atoms with Crippen molar-refractivity contribution >= 4 is 12.2 Å². The zero-order valence-corrected chi connectivity index (χ0v) is 6.52. The molecule has 5 heteroatoms. The van der Waals surface area contributed by atoms with Crippen molar-refractivity contribution in [3.63, 3.8) is 0 Å². The Morgan fingerprint density at radius 1 is 1.54 bits per heavy atom. The number of nitrogens with zero attached hydrogens (tertiary/aromatic N) is 1. The number of carboxylic acid groups (broad SMARTS) is 1. The third kappa shape index (κ3) is 1.20. The minimum atomic E-state index is -0.992. The molecule has 0 aromatic heterocycles. The largest absolute Gasteiger partial charge is 0.478 e. The smallest absolute Gasteiger partial charge is 0.336 e. The van der Waals surface area contributed by atoms with E-state index in [1.54, 1.807) is 12.1 Å². The number of hydrogen-bond acceptors (Lipinski definition) is 4. The third-order valence-electron chi connectivity index (χ3n) is 1.70. The maximum atomic E-state index is 10.7. The second-order valence-corrected chi connectivity index (χ2v) is 2.47. The van der Waals surface area contributed by atoms with Gasteiger partial charge in [0.15, 0.2) is 5.75 Å². The molecular weight excluding hydrogens is 172 g/mol. The van der Waals surface area contributed by atoms with E-state index in [4.69, 9.17) is 9.94 Å². The van der Waals surface area contributed by atoms with Crippen LogP contribution in [0.4, 0.5) is 0 Å². The first-order chi connectivity index (χ1) is 6.29. The average Bonchev–Trinajstić information content (AvgIpc) is 2.17. The van der Waals surface area contributed by atoms with Gasteiger partial charge in [0.1, 0.15) is 0 Å². The second-order valence-electron chi connectivity index (χ2n) is 2.47. The Balaban J connectivity index is 2.60. The summed E-state index contributed by atoms with van der Waals surface area (Å²) >= 11 is 0. The molecule has 0 bridgehead atoms. The molecule has 13 heavy (non-hydrogen) atoms. The summed E-state index contributed by atoms with van der Waals surface area (Å²) in [7, 11) is 0. The number of aromatic carboxylic acids is 1. The van der Waals surface area contributed by atoms with Crippen molar-refractivity contribution in [2.24, 2.45) is 5.10 Å². The predicted octanol–water partition coefficient (Wildman–Crippen LogP) is 0.616. The summed E-state index contributed by atoms with van der Waals surface area (Å²) in [4.78, 5) is 15.6. The molecule has 0 spiro atoms. The quantitative estimate of drug-likeness (QED) is 0.661. The Kier molecular flexibility index (Phi) is 1.63. The van der Waals surface area contributed by atoms with E-state index in [0.29, 0.717) is 11.3 Å². The molecule has 1 aliphatic heterocycles. The molecule has 0 atom stereocenters. The van der Waals surface area contributed by atoms with Crippen molar-refractivity contribution in [1.82, 2.24) is 5.59 Å². The van der Waals surface area contributed by atoms with Crippen LogP contribution in [-0.4, -0.2) is 17.3 Å². The van der Waals surface area contributed by atoms with Gasteiger partial charge in [0, 0.05) is 0 Å². The highest BCUT2D eigenvalue weighted by atomic mass is 16.7. The van der Waals surface area contributed by atoms with Crippen LogP contribution in [0, 0.1) is 0 Å². The summed E-state index contributed by atoms with van der Waals surface area (Å²) in [5.41, 5.74) is 2.95. The summed E-state index contributed by atoms with van der Waals surface area (Å²) in [6, 6.07) is 4.78. The van der Waals surface area contributed by atoms with Crippen LogP contribution >= 0.6 is 0 Å². The summed E-state index contributed by atoms with van der Waals surface area (Å²) in [6.45, 7) is 0. The zero-order valence-electron chi connectivity index (χ0n) is 6.52. The Morgan fingerprint density at radius 2 is 2.38 bits per heavy atom. The molecule has 0 fully saturated rings. The van der Waals surface area contributed by atoms with Gasteiger partial charge in [-0.3, -0.25) is 0 Å². The first-order valence-electron chi connectivity index (χ1n) is 3.60. The van der Waals surface area contributed by atoms with Crippen LogP contribution in [-0.2, 0) is 0 Å². The molecule has 2 N–H and O–H groups in total. The minimum absolute atomic E-state index is 0.183. The van der Waals surface area contributed by atoms with Gasteiger partial charge in [-0.25, -0.2) is 4.79 Å². The third-order valence-corrected chi connectivity index (χ3v) is 1.70. The number of carbonyl (C=O) groups is 1. The van der Waals surface area contributed by atoms with E-state index in [-0.39, 0.29) is 5.56 Å². The lowest BCUT2D eigenvalue weighted by atomic mass is 10.1. The fourth-order valence-electron chi connectivity index (χ4n) is 1.12. The molecule has 5 nitrogen and oxygen atoms in total. The number of nitrogens with one attached hydrogen (secondary N) is 1. The highest BCUT2D eigenvalue weighted by molar-refractivity contribution is 6.00. The van der Waals surface area contributed by atoms with Gasteiger partial charge in [-0.1, -0.05) is 6.07 Å². The van der Waals surface area contributed by atoms with Crippen LogP contribution in [0.2, 0.25) is 0 Å². The van der Waals surface area contributed by atoms with Gasteiger partial charge in [-0.2, -0.15) is 5.10 Å². The van der Waals surface area contributed by atoms with Crippen LogP contribution in [0.5, 0.6) is 5.75 Å². The number of hydrogen-bond donors (Lipinski definition) is 2. The molecule has 0 radical (unpaired) electrons. The number of fused-ring (bicyclic) bond motifs is 1. The second kappa shape index (κ2) is 2.78. The highest BCUT2D eigenvalue weighted by Crippen LogP contribution is 2.21. The average molecular weight is 178 g/mol. The van der Waals surface area contributed by atoms with Gasteiger partial charge in [-0.05, 0) is 12.1 Å². The first-order valence-corrected chi connectivity index (χ1v) is 3.60. The Bertz CT molecular complexity index is 387. The van der Waals surface area contributed by atoms with Crippen LogP contribution in [0.1, 0.15) is 15.9 Å². The van der Waals surface area contributed by atoms with Gasteiger partial charge in [-0.15, -0.1) is 5.59 Å². The number of benzene rings is 1. The van der Waals surface area contributed by atoms with Gasteiger partial charge in [0.2, 0.25) is 0 Å². The zero-order chi connectivity index (χ0) is 9.26. The molecule has 2 rings (SSSR count). The van der Waals surface area contributed by atoms with E-state index in [1.165, 1.54) is 12.3 Å². The molecule has 0 saturated carbocycles. The van der Waals surface area contributed by atoms with Gasteiger partial charge in [0.25, 0.3) is 0 Å². The van der Waals surface area contributed by atoms with Crippen LogP contribution in [0.15, 0.2) is 23.3 Å². The van der Waals surface area contributed by atoms with E-state index >= 15 is 0 Å². The van der Waals surface area contributed by atoms with Crippen molar-refractivity contribution in [3.05, 3.63) is 29.3 Å². The van der Waals surface area contributed by atoms with E-state index in [2.05, 4.69) is 10.7 Å². The summed E-state index contributed by atoms with van der Waals surface area (Å²) in [5.74, 6) is -0.524. The molecule has 66 valence electrons. The maximum Gasteiger partial charge on any atom is 0.336 e. The molecule has 1 heterocycles. The Labute approximate surface area is 73.6 Å². The maximum absolute atomic E-state index is 10.7. The molecule has 0 aliphatic carbocycles. The lowest BCUT2D eigenvalue weighted by Gasteiger charge is -2.12. The molecule has 0 saturated heterocycles. The summed E-state index contributed by atoms with van der Waals surface area (Å²) < 4.78 is 0. The topological polar surface area (TPSA) is 70.9 Å². The Morgan fingerprint density at radius 3 is 3.15 bits per heavy atom. The monoisotopic (exact) mass is 178 g/mol. The fourth-order valence-corrected chi connectivity index (χ4v) is 1.12. The standard InChI is InChI=1S/C8H6N2O3/c11-8(12)5-2-1-3-7-6(5)4-9-10-13-7/h1-4,10H,(H,11,12). The minimum Gasteiger partial charge on any atom is -0.478 e. The molecule has 1 aromatic rings. The fraction of sp³-hybridized carbons (Fsp3) is 0. The molecule has 1 aromatic carbocycles. The van der Waals surface area contributed by atoms with E-state index < -0.39 is 5.97 Å². The van der Waals surface area contributed by atoms with Gasteiger partial charge >= 0.3 is 5.97 Å². The van der Waals surface area contributed by atoms with E-state index in [9.17, 15) is 4.79 Å². The lowest BCUT2D eigenvalue weighted by molar-refractivity contribution is 0.0695. The van der Waals surface area contributed by atoms with Gasteiger partial charge < -0.3 is 9.94 Å². The molecule has 1 aliphatic rings. The van der Waals surface area contributed by atoms with Crippen molar-refractivity contribution in [1.29, 1.82) is 0 Å².